The highest BCUT2D eigenvalue weighted by Crippen LogP contribution is 2.27. The molecule has 0 spiro atoms. The van der Waals surface area contributed by atoms with E-state index in [1.165, 1.54) is 16.2 Å². The maximum atomic E-state index is 12.4. The zero-order valence-electron chi connectivity index (χ0n) is 15.5. The van der Waals surface area contributed by atoms with Gasteiger partial charge in [0.2, 0.25) is 0 Å². The Bertz CT molecular complexity index is 881. The lowest BCUT2D eigenvalue weighted by atomic mass is 10.2. The fourth-order valence-corrected chi connectivity index (χ4v) is 3.36. The summed E-state index contributed by atoms with van der Waals surface area (Å²) in [6.07, 6.45) is -0.412. The smallest absolute Gasteiger partial charge is 0.414 e. The van der Waals surface area contributed by atoms with Crippen LogP contribution in [0, 0.1) is 0 Å². The Kier molecular flexibility index (Phi) is 6.81. The predicted octanol–water partition coefficient (Wildman–Crippen LogP) is 5.17. The molecule has 6 heteroatoms. The van der Waals surface area contributed by atoms with Crippen LogP contribution in [0.4, 0.5) is 4.79 Å². The molecule has 1 heterocycles. The number of para-hydroxylation sites is 1. The Morgan fingerprint density at radius 3 is 2.29 bits per heavy atom. The summed E-state index contributed by atoms with van der Waals surface area (Å²) in [6.45, 7) is 0.385. The highest BCUT2D eigenvalue weighted by atomic mass is 32.1. The van der Waals surface area contributed by atoms with Crippen LogP contribution >= 0.6 is 11.3 Å². The monoisotopic (exact) mass is 395 g/mol. The molecule has 0 aliphatic heterocycles. The normalized spacial score (nSPS) is 11.5. The van der Waals surface area contributed by atoms with Gasteiger partial charge in [0.05, 0.1) is 5.56 Å². The van der Waals surface area contributed by atoms with E-state index in [0.717, 1.165) is 4.88 Å². The first-order chi connectivity index (χ1) is 13.6. The maximum absolute atomic E-state index is 12.4. The number of esters is 1. The Hall–Kier alpha value is -3.12. The van der Waals surface area contributed by atoms with E-state index in [0.29, 0.717) is 24.3 Å². The number of amides is 1. The number of ether oxygens (including phenoxy) is 2. The number of carbonyl (C=O) groups excluding carboxylic acids is 2. The van der Waals surface area contributed by atoms with Crippen LogP contribution in [-0.2, 0) is 4.74 Å². The lowest BCUT2D eigenvalue weighted by Gasteiger charge is -2.21. The molecule has 0 saturated heterocycles. The van der Waals surface area contributed by atoms with Gasteiger partial charge < -0.3 is 14.4 Å². The lowest BCUT2D eigenvalue weighted by Crippen LogP contribution is -2.31. The molecule has 1 amide bonds. The van der Waals surface area contributed by atoms with E-state index in [1.807, 2.05) is 29.6 Å². The number of hydrogen-bond acceptors (Lipinski definition) is 5. The van der Waals surface area contributed by atoms with Crippen LogP contribution in [0.15, 0.2) is 78.2 Å². The van der Waals surface area contributed by atoms with E-state index >= 15 is 0 Å². The number of carbonyl (C=O) groups is 2. The molecule has 0 aliphatic carbocycles. The van der Waals surface area contributed by atoms with E-state index in [-0.39, 0.29) is 5.97 Å². The molecule has 5 nitrogen and oxygen atoms in total. The molecule has 28 heavy (non-hydrogen) atoms. The van der Waals surface area contributed by atoms with Crippen molar-refractivity contribution < 1.29 is 19.1 Å². The van der Waals surface area contributed by atoms with Crippen LogP contribution in [0.1, 0.15) is 27.8 Å². The van der Waals surface area contributed by atoms with Crippen molar-refractivity contribution in [1.82, 2.24) is 4.90 Å². The van der Waals surface area contributed by atoms with Crippen LogP contribution in [-0.4, -0.2) is 30.6 Å². The van der Waals surface area contributed by atoms with E-state index in [1.54, 1.807) is 55.6 Å². The molecule has 0 aliphatic rings. The third-order valence-electron chi connectivity index (χ3n) is 4.11. The van der Waals surface area contributed by atoms with Crippen LogP contribution in [0.25, 0.3) is 0 Å². The number of hydrogen-bond donors (Lipinski definition) is 0. The SMILES string of the molecule is CN(CC[C@H](OC(=O)c1ccccc1)c1cccs1)C(=O)Oc1ccccc1. The maximum Gasteiger partial charge on any atom is 0.414 e. The van der Waals surface area contributed by atoms with Gasteiger partial charge in [0, 0.05) is 24.9 Å². The van der Waals surface area contributed by atoms with Crippen molar-refractivity contribution in [2.45, 2.75) is 12.5 Å². The number of benzene rings is 2. The van der Waals surface area contributed by atoms with Crippen molar-refractivity contribution in [3.05, 3.63) is 88.6 Å². The molecular weight excluding hydrogens is 374 g/mol. The second-order valence-corrected chi connectivity index (χ2v) is 7.15. The number of thiophene rings is 1. The molecule has 2 aromatic carbocycles. The third kappa shape index (κ3) is 5.44. The fraction of sp³-hybridized carbons (Fsp3) is 0.182. The van der Waals surface area contributed by atoms with E-state index in [9.17, 15) is 9.59 Å². The van der Waals surface area contributed by atoms with Crippen molar-refractivity contribution >= 4 is 23.4 Å². The van der Waals surface area contributed by atoms with Crippen LogP contribution < -0.4 is 4.74 Å². The summed E-state index contributed by atoms with van der Waals surface area (Å²) in [7, 11) is 1.66. The Labute approximate surface area is 168 Å². The lowest BCUT2D eigenvalue weighted by molar-refractivity contribution is 0.0269. The Morgan fingerprint density at radius 1 is 0.964 bits per heavy atom. The summed E-state index contributed by atoms with van der Waals surface area (Å²) < 4.78 is 11.1. The van der Waals surface area contributed by atoms with Gasteiger partial charge in [-0.05, 0) is 35.7 Å². The van der Waals surface area contributed by atoms with Crippen LogP contribution in [0.3, 0.4) is 0 Å². The molecule has 0 radical (unpaired) electrons. The minimum Gasteiger partial charge on any atom is -0.453 e. The van der Waals surface area contributed by atoms with Gasteiger partial charge in [-0.1, -0.05) is 42.5 Å². The molecule has 144 valence electrons. The second kappa shape index (κ2) is 9.71. The van der Waals surface area contributed by atoms with Crippen molar-refractivity contribution in [3.63, 3.8) is 0 Å². The van der Waals surface area contributed by atoms with Crippen molar-refractivity contribution in [3.8, 4) is 5.75 Å². The average molecular weight is 395 g/mol. The minimum absolute atomic E-state index is 0.381. The van der Waals surface area contributed by atoms with Gasteiger partial charge in [-0.15, -0.1) is 11.3 Å². The first-order valence-electron chi connectivity index (χ1n) is 8.91. The van der Waals surface area contributed by atoms with Gasteiger partial charge in [-0.2, -0.15) is 0 Å². The summed E-state index contributed by atoms with van der Waals surface area (Å²) in [5, 5.41) is 1.94. The van der Waals surface area contributed by atoms with Gasteiger partial charge in [0.25, 0.3) is 0 Å². The van der Waals surface area contributed by atoms with Crippen molar-refractivity contribution in [2.75, 3.05) is 13.6 Å². The first-order valence-corrected chi connectivity index (χ1v) is 9.79. The number of rotatable bonds is 7. The molecule has 0 bridgehead atoms. The standard InChI is InChI=1S/C22H21NO4S/c1-23(22(25)26-18-11-6-3-7-12-18)15-14-19(20-13-8-16-28-20)27-21(24)17-9-4-2-5-10-17/h2-13,16,19H,14-15H2,1H3/t19-/m0/s1. The molecule has 0 N–H and O–H groups in total. The average Bonchev–Trinajstić information content (AvgIpc) is 3.26. The quantitative estimate of drug-likeness (QED) is 0.518. The molecule has 1 atom stereocenters. The zero-order valence-corrected chi connectivity index (χ0v) is 16.3. The van der Waals surface area contributed by atoms with Gasteiger partial charge in [0.1, 0.15) is 11.9 Å². The fourth-order valence-electron chi connectivity index (χ4n) is 2.57. The molecule has 0 unspecified atom stereocenters. The minimum atomic E-state index is -0.453. The Balaban J connectivity index is 1.60. The topological polar surface area (TPSA) is 55.8 Å². The van der Waals surface area contributed by atoms with E-state index in [4.69, 9.17) is 9.47 Å². The van der Waals surface area contributed by atoms with Gasteiger partial charge in [0.15, 0.2) is 0 Å². The summed E-state index contributed by atoms with van der Waals surface area (Å²) in [4.78, 5) is 27.1. The molecule has 1 aromatic heterocycles. The van der Waals surface area contributed by atoms with Gasteiger partial charge >= 0.3 is 12.1 Å². The van der Waals surface area contributed by atoms with Crippen molar-refractivity contribution in [2.24, 2.45) is 0 Å². The molecule has 3 rings (SSSR count). The summed E-state index contributed by atoms with van der Waals surface area (Å²) in [5.41, 5.74) is 0.501. The van der Waals surface area contributed by atoms with E-state index in [2.05, 4.69) is 0 Å². The summed E-state index contributed by atoms with van der Waals surface area (Å²) in [5.74, 6) is 0.109. The first kappa shape index (κ1) is 19.6. The second-order valence-electron chi connectivity index (χ2n) is 6.17. The van der Waals surface area contributed by atoms with Crippen LogP contribution in [0.2, 0.25) is 0 Å². The zero-order chi connectivity index (χ0) is 19.8. The predicted molar refractivity (Wildman–Crippen MR) is 109 cm³/mol. The molecule has 0 saturated carbocycles. The molecule has 3 aromatic rings. The largest absolute Gasteiger partial charge is 0.453 e. The van der Waals surface area contributed by atoms with Crippen molar-refractivity contribution in [1.29, 1.82) is 0 Å². The van der Waals surface area contributed by atoms with Crippen LogP contribution in [0.5, 0.6) is 5.75 Å². The van der Waals surface area contributed by atoms with Gasteiger partial charge in [-0.3, -0.25) is 0 Å². The summed E-state index contributed by atoms with van der Waals surface area (Å²) >= 11 is 1.52. The molecule has 0 fully saturated rings. The van der Waals surface area contributed by atoms with Gasteiger partial charge in [-0.25, -0.2) is 9.59 Å². The van der Waals surface area contributed by atoms with E-state index < -0.39 is 12.2 Å². The summed E-state index contributed by atoms with van der Waals surface area (Å²) in [6, 6.07) is 21.6. The Morgan fingerprint density at radius 2 is 1.64 bits per heavy atom. The number of nitrogens with zero attached hydrogens (tertiary/aromatic N) is 1. The molecular formula is C22H21NO4S. The highest BCUT2D eigenvalue weighted by Gasteiger charge is 2.21. The third-order valence-corrected chi connectivity index (χ3v) is 5.07. The highest BCUT2D eigenvalue weighted by molar-refractivity contribution is 7.10.